The predicted molar refractivity (Wildman–Crippen MR) is 125 cm³/mol. The summed E-state index contributed by atoms with van der Waals surface area (Å²) in [5.41, 5.74) is 3.49. The molecule has 0 aliphatic rings. The van der Waals surface area contributed by atoms with Crippen LogP contribution in [0.2, 0.25) is 10.0 Å². The Hall–Kier alpha value is -2.55. The van der Waals surface area contributed by atoms with Gasteiger partial charge in [0.25, 0.3) is 0 Å². The molecule has 0 spiro atoms. The maximum Gasteiger partial charge on any atom is 0.234 e. The number of nitrogens with zero attached hydrogens (tertiary/aromatic N) is 3. The summed E-state index contributed by atoms with van der Waals surface area (Å²) in [5, 5.41) is 15.1. The van der Waals surface area contributed by atoms with Crippen molar-refractivity contribution >= 4 is 58.2 Å². The highest BCUT2D eigenvalue weighted by Crippen LogP contribution is 2.25. The zero-order valence-electron chi connectivity index (χ0n) is 17.2. The van der Waals surface area contributed by atoms with Crippen LogP contribution in [0.25, 0.3) is 0 Å². The van der Waals surface area contributed by atoms with E-state index in [0.717, 1.165) is 16.8 Å². The molecule has 1 heterocycles. The van der Waals surface area contributed by atoms with Gasteiger partial charge in [0.2, 0.25) is 11.8 Å². The van der Waals surface area contributed by atoms with Crippen LogP contribution < -0.4 is 10.6 Å². The minimum Gasteiger partial charge on any atom is -0.326 e. The van der Waals surface area contributed by atoms with E-state index < -0.39 is 0 Å². The van der Waals surface area contributed by atoms with Crippen LogP contribution >= 0.6 is 35.0 Å². The summed E-state index contributed by atoms with van der Waals surface area (Å²) in [4.78, 5) is 24.7. The van der Waals surface area contributed by atoms with E-state index in [4.69, 9.17) is 23.2 Å². The second kappa shape index (κ2) is 10.2. The number of nitrogens with one attached hydrogen (secondary N) is 2. The van der Waals surface area contributed by atoms with Crippen molar-refractivity contribution in [2.75, 3.05) is 16.4 Å². The van der Waals surface area contributed by atoms with Crippen molar-refractivity contribution in [1.82, 2.24) is 14.8 Å². The first-order valence-electron chi connectivity index (χ1n) is 9.36. The van der Waals surface area contributed by atoms with Crippen molar-refractivity contribution < 1.29 is 9.59 Å². The largest absolute Gasteiger partial charge is 0.326 e. The Morgan fingerprint density at radius 2 is 1.81 bits per heavy atom. The number of carbonyl (C=O) groups is 2. The molecular weight excluding hydrogens is 457 g/mol. The molecule has 0 saturated carbocycles. The zero-order valence-corrected chi connectivity index (χ0v) is 19.5. The summed E-state index contributed by atoms with van der Waals surface area (Å²) in [6, 6.07) is 10.6. The predicted octanol–water partition coefficient (Wildman–Crippen LogP) is 4.65. The molecule has 2 N–H and O–H groups in total. The van der Waals surface area contributed by atoms with E-state index in [-0.39, 0.29) is 24.0 Å². The summed E-state index contributed by atoms with van der Waals surface area (Å²) in [7, 11) is 1.76. The van der Waals surface area contributed by atoms with Crippen LogP contribution in [0, 0.1) is 13.8 Å². The fourth-order valence-electron chi connectivity index (χ4n) is 2.75. The number of benzene rings is 2. The standard InChI is InChI=1S/C21H21Cl2N5O2S/c1-12-5-4-6-17(13(12)2)25-20(30)11-31-21-27-26-18(28(21)3)10-19(29)24-14-7-8-15(22)16(23)9-14/h4-9H,10-11H2,1-3H3,(H,24,29)(H,25,30). The van der Waals surface area contributed by atoms with Gasteiger partial charge in [0, 0.05) is 18.4 Å². The summed E-state index contributed by atoms with van der Waals surface area (Å²) in [6.45, 7) is 3.97. The molecule has 0 saturated heterocycles. The molecule has 31 heavy (non-hydrogen) atoms. The minimum absolute atomic E-state index is 0.0268. The lowest BCUT2D eigenvalue weighted by Gasteiger charge is -2.10. The molecule has 2 amide bonds. The van der Waals surface area contributed by atoms with E-state index in [0.29, 0.717) is 26.7 Å². The maximum atomic E-state index is 12.3. The second-order valence-corrected chi connectivity index (χ2v) is 8.65. The number of hydrogen-bond donors (Lipinski definition) is 2. The lowest BCUT2D eigenvalue weighted by molar-refractivity contribution is -0.116. The Kier molecular flexibility index (Phi) is 7.59. The number of anilines is 2. The van der Waals surface area contributed by atoms with Crippen LogP contribution in [0.4, 0.5) is 11.4 Å². The molecule has 1 aromatic heterocycles. The number of halogens is 2. The number of aromatic nitrogens is 3. The number of amides is 2. The van der Waals surface area contributed by atoms with Crippen molar-refractivity contribution in [1.29, 1.82) is 0 Å². The van der Waals surface area contributed by atoms with Gasteiger partial charge in [-0.05, 0) is 49.2 Å². The van der Waals surface area contributed by atoms with Crippen molar-refractivity contribution in [3.8, 4) is 0 Å². The highest BCUT2D eigenvalue weighted by atomic mass is 35.5. The third-order valence-corrected chi connectivity index (χ3v) is 6.42. The summed E-state index contributed by atoms with van der Waals surface area (Å²) < 4.78 is 1.70. The van der Waals surface area contributed by atoms with Gasteiger partial charge in [-0.1, -0.05) is 47.1 Å². The van der Waals surface area contributed by atoms with Crippen molar-refractivity contribution in [2.24, 2.45) is 7.05 Å². The van der Waals surface area contributed by atoms with Crippen LogP contribution in [0.1, 0.15) is 17.0 Å². The van der Waals surface area contributed by atoms with Crippen molar-refractivity contribution in [3.05, 3.63) is 63.4 Å². The topological polar surface area (TPSA) is 88.9 Å². The Morgan fingerprint density at radius 1 is 1.03 bits per heavy atom. The lowest BCUT2D eigenvalue weighted by atomic mass is 10.1. The van der Waals surface area contributed by atoms with E-state index in [1.807, 2.05) is 32.0 Å². The molecule has 3 rings (SSSR count). The monoisotopic (exact) mass is 477 g/mol. The molecule has 0 atom stereocenters. The molecule has 0 radical (unpaired) electrons. The Morgan fingerprint density at radius 3 is 2.55 bits per heavy atom. The molecule has 0 bridgehead atoms. The molecule has 0 aliphatic carbocycles. The van der Waals surface area contributed by atoms with Crippen LogP contribution in [-0.2, 0) is 23.1 Å². The van der Waals surface area contributed by atoms with Gasteiger partial charge in [-0.2, -0.15) is 0 Å². The number of aryl methyl sites for hydroxylation is 1. The average molecular weight is 478 g/mol. The third kappa shape index (κ3) is 6.00. The number of hydrogen-bond acceptors (Lipinski definition) is 5. The SMILES string of the molecule is Cc1cccc(NC(=O)CSc2nnc(CC(=O)Nc3ccc(Cl)c(Cl)c3)n2C)c1C. The Bertz CT molecular complexity index is 1130. The zero-order chi connectivity index (χ0) is 22.5. The second-order valence-electron chi connectivity index (χ2n) is 6.90. The third-order valence-electron chi connectivity index (χ3n) is 4.66. The highest BCUT2D eigenvalue weighted by Gasteiger charge is 2.15. The van der Waals surface area contributed by atoms with Gasteiger partial charge < -0.3 is 15.2 Å². The van der Waals surface area contributed by atoms with Crippen LogP contribution in [0.5, 0.6) is 0 Å². The van der Waals surface area contributed by atoms with Crippen molar-refractivity contribution in [3.63, 3.8) is 0 Å². The maximum absolute atomic E-state index is 12.3. The van der Waals surface area contributed by atoms with Crippen molar-refractivity contribution in [2.45, 2.75) is 25.4 Å². The fourth-order valence-corrected chi connectivity index (χ4v) is 3.78. The van der Waals surface area contributed by atoms with E-state index in [9.17, 15) is 9.59 Å². The first-order valence-corrected chi connectivity index (χ1v) is 11.1. The first-order chi connectivity index (χ1) is 14.7. The van der Waals surface area contributed by atoms with Crippen LogP contribution in [-0.4, -0.2) is 32.3 Å². The van der Waals surface area contributed by atoms with E-state index in [1.54, 1.807) is 29.8 Å². The lowest BCUT2D eigenvalue weighted by Crippen LogP contribution is -2.17. The van der Waals surface area contributed by atoms with Crippen LogP contribution in [0.3, 0.4) is 0 Å². The van der Waals surface area contributed by atoms with E-state index in [1.165, 1.54) is 11.8 Å². The Labute approximate surface area is 194 Å². The fraction of sp³-hybridized carbons (Fsp3) is 0.238. The number of rotatable bonds is 7. The first kappa shape index (κ1) is 23.1. The minimum atomic E-state index is -0.266. The molecule has 2 aromatic carbocycles. The summed E-state index contributed by atoms with van der Waals surface area (Å²) >= 11 is 13.1. The van der Waals surface area contributed by atoms with Gasteiger partial charge in [-0.3, -0.25) is 9.59 Å². The summed E-state index contributed by atoms with van der Waals surface area (Å²) in [5.74, 6) is 0.253. The van der Waals surface area contributed by atoms with E-state index in [2.05, 4.69) is 20.8 Å². The number of carbonyl (C=O) groups excluding carboxylic acids is 2. The normalized spacial score (nSPS) is 10.7. The molecule has 3 aromatic rings. The molecule has 0 unspecified atom stereocenters. The molecule has 162 valence electrons. The van der Waals surface area contributed by atoms with Gasteiger partial charge in [0.1, 0.15) is 5.82 Å². The average Bonchev–Trinajstić information content (AvgIpc) is 3.06. The van der Waals surface area contributed by atoms with Gasteiger partial charge in [0.15, 0.2) is 5.16 Å². The quantitative estimate of drug-likeness (QED) is 0.483. The molecule has 7 nitrogen and oxygen atoms in total. The smallest absolute Gasteiger partial charge is 0.234 e. The van der Waals surface area contributed by atoms with Gasteiger partial charge in [-0.15, -0.1) is 10.2 Å². The Balaban J connectivity index is 1.55. The molecule has 0 aliphatic heterocycles. The highest BCUT2D eigenvalue weighted by molar-refractivity contribution is 7.99. The molecular formula is C21H21Cl2N5O2S. The van der Waals surface area contributed by atoms with Gasteiger partial charge >= 0.3 is 0 Å². The van der Waals surface area contributed by atoms with Crippen LogP contribution in [0.15, 0.2) is 41.6 Å². The number of thioether (sulfide) groups is 1. The van der Waals surface area contributed by atoms with E-state index >= 15 is 0 Å². The van der Waals surface area contributed by atoms with Gasteiger partial charge in [-0.25, -0.2) is 0 Å². The molecule has 10 heteroatoms. The molecule has 0 fully saturated rings. The summed E-state index contributed by atoms with van der Waals surface area (Å²) in [6.07, 6.45) is 0.0268. The van der Waals surface area contributed by atoms with Gasteiger partial charge in [0.05, 0.1) is 22.2 Å².